The van der Waals surface area contributed by atoms with E-state index in [9.17, 15) is 4.79 Å². The van der Waals surface area contributed by atoms with Gasteiger partial charge in [-0.05, 0) is 32.7 Å². The molecular weight excluding hydrogens is 158 g/mol. The van der Waals surface area contributed by atoms with Crippen molar-refractivity contribution in [2.24, 2.45) is 5.92 Å². The Morgan fingerprint density at radius 1 is 1.36 bits per heavy atom. The first-order valence-electron chi connectivity index (χ1n) is 4.14. The number of nitrogens with one attached hydrogen (secondary N) is 1. The molecule has 0 saturated heterocycles. The molecule has 11 heavy (non-hydrogen) atoms. The van der Waals surface area contributed by atoms with Gasteiger partial charge in [-0.3, -0.25) is 4.79 Å². The van der Waals surface area contributed by atoms with Crippen molar-refractivity contribution in [2.75, 3.05) is 7.05 Å². The first-order chi connectivity index (χ1) is 5.24. The molecular formula is C8H15NOS. The van der Waals surface area contributed by atoms with E-state index in [4.69, 9.17) is 0 Å². The van der Waals surface area contributed by atoms with E-state index in [0.29, 0.717) is 6.04 Å². The summed E-state index contributed by atoms with van der Waals surface area (Å²) in [7, 11) is 1.98. The monoisotopic (exact) mass is 173 g/mol. The molecule has 1 aliphatic carbocycles. The third-order valence-corrected chi connectivity index (χ3v) is 2.85. The van der Waals surface area contributed by atoms with Crippen LogP contribution in [0.3, 0.4) is 0 Å². The lowest BCUT2D eigenvalue weighted by atomic mass is 9.87. The molecule has 64 valence electrons. The lowest BCUT2D eigenvalue weighted by Crippen LogP contribution is -2.31. The Balaban J connectivity index is 2.30. The summed E-state index contributed by atoms with van der Waals surface area (Å²) in [4.78, 5) is 10.8. The van der Waals surface area contributed by atoms with Crippen LogP contribution in [0.25, 0.3) is 0 Å². The van der Waals surface area contributed by atoms with Crippen molar-refractivity contribution in [3.63, 3.8) is 0 Å². The van der Waals surface area contributed by atoms with E-state index < -0.39 is 0 Å². The quantitative estimate of drug-likeness (QED) is 0.615. The zero-order chi connectivity index (χ0) is 8.27. The van der Waals surface area contributed by atoms with Crippen molar-refractivity contribution in [3.8, 4) is 0 Å². The lowest BCUT2D eigenvalue weighted by molar-refractivity contribution is -0.115. The molecule has 0 spiro atoms. The molecule has 0 radical (unpaired) electrons. The third-order valence-electron chi connectivity index (χ3n) is 2.48. The molecule has 0 aromatic heterocycles. The summed E-state index contributed by atoms with van der Waals surface area (Å²) in [6.07, 6.45) is 4.25. The van der Waals surface area contributed by atoms with E-state index in [1.165, 1.54) is 0 Å². The zero-order valence-corrected chi connectivity index (χ0v) is 7.73. The van der Waals surface area contributed by atoms with Crippen LogP contribution in [0.2, 0.25) is 0 Å². The maximum absolute atomic E-state index is 10.8. The standard InChI is InChI=1S/C8H15NOS/c1-9-7-4-2-6(3-5-7)8(10)11/h6-7,9H,2-5H2,1H3,(H,10,11). The molecule has 3 heteroatoms. The number of carbonyl (C=O) groups excluding carboxylic acids is 1. The van der Waals surface area contributed by atoms with Gasteiger partial charge in [0.2, 0.25) is 0 Å². The van der Waals surface area contributed by atoms with Crippen LogP contribution in [0.4, 0.5) is 0 Å². The highest BCUT2D eigenvalue weighted by atomic mass is 32.1. The number of rotatable bonds is 2. The molecule has 0 aliphatic heterocycles. The molecule has 0 heterocycles. The van der Waals surface area contributed by atoms with Gasteiger partial charge in [-0.1, -0.05) is 0 Å². The second kappa shape index (κ2) is 4.12. The van der Waals surface area contributed by atoms with Crippen molar-refractivity contribution in [1.29, 1.82) is 0 Å². The lowest BCUT2D eigenvalue weighted by Gasteiger charge is -2.25. The smallest absolute Gasteiger partial charge is 0.188 e. The fourth-order valence-corrected chi connectivity index (χ4v) is 1.89. The van der Waals surface area contributed by atoms with Crippen molar-refractivity contribution in [1.82, 2.24) is 5.32 Å². The molecule has 0 unspecified atom stereocenters. The van der Waals surface area contributed by atoms with E-state index in [1.807, 2.05) is 7.05 Å². The summed E-state index contributed by atoms with van der Waals surface area (Å²) in [6.45, 7) is 0. The second-order valence-electron chi connectivity index (χ2n) is 3.18. The number of thiol groups is 1. The molecule has 1 saturated carbocycles. The molecule has 1 N–H and O–H groups in total. The summed E-state index contributed by atoms with van der Waals surface area (Å²) in [5.41, 5.74) is 0. The topological polar surface area (TPSA) is 29.1 Å². The minimum atomic E-state index is 0.0690. The molecule has 0 aromatic rings. The maximum Gasteiger partial charge on any atom is 0.188 e. The molecule has 0 bridgehead atoms. The minimum absolute atomic E-state index is 0.0690. The summed E-state index contributed by atoms with van der Waals surface area (Å²) in [6, 6.07) is 0.624. The summed E-state index contributed by atoms with van der Waals surface area (Å²) in [5, 5.41) is 3.30. The van der Waals surface area contributed by atoms with Gasteiger partial charge in [-0.2, -0.15) is 0 Å². The van der Waals surface area contributed by atoms with Crippen molar-refractivity contribution < 1.29 is 4.79 Å². The van der Waals surface area contributed by atoms with Crippen LogP contribution < -0.4 is 5.32 Å². The molecule has 1 fully saturated rings. The van der Waals surface area contributed by atoms with Crippen LogP contribution in [0, 0.1) is 5.92 Å². The number of carbonyl (C=O) groups is 1. The number of hydrogen-bond donors (Lipinski definition) is 2. The summed E-state index contributed by atoms with van der Waals surface area (Å²) < 4.78 is 0. The average Bonchev–Trinajstić information content (AvgIpc) is 2.05. The first-order valence-corrected chi connectivity index (χ1v) is 4.59. The Kier molecular flexibility index (Phi) is 3.40. The van der Waals surface area contributed by atoms with E-state index >= 15 is 0 Å². The predicted octanol–water partition coefficient (Wildman–Crippen LogP) is 1.22. The normalized spacial score (nSPS) is 31.8. The second-order valence-corrected chi connectivity index (χ2v) is 3.62. The molecule has 0 aromatic carbocycles. The highest BCUT2D eigenvalue weighted by Gasteiger charge is 2.23. The maximum atomic E-state index is 10.8. The average molecular weight is 173 g/mol. The van der Waals surface area contributed by atoms with Crippen molar-refractivity contribution in [2.45, 2.75) is 31.7 Å². The van der Waals surface area contributed by atoms with Gasteiger partial charge in [-0.25, -0.2) is 0 Å². The zero-order valence-electron chi connectivity index (χ0n) is 6.84. The van der Waals surface area contributed by atoms with Crippen LogP contribution in [0.15, 0.2) is 0 Å². The molecule has 0 amide bonds. The number of hydrogen-bond acceptors (Lipinski definition) is 2. The van der Waals surface area contributed by atoms with Crippen molar-refractivity contribution in [3.05, 3.63) is 0 Å². The highest BCUT2D eigenvalue weighted by Crippen LogP contribution is 2.25. The molecule has 1 rings (SSSR count). The van der Waals surface area contributed by atoms with Gasteiger partial charge < -0.3 is 5.32 Å². The van der Waals surface area contributed by atoms with E-state index in [0.717, 1.165) is 25.7 Å². The Labute approximate surface area is 73.2 Å². The van der Waals surface area contributed by atoms with Gasteiger partial charge in [0.05, 0.1) is 0 Å². The van der Waals surface area contributed by atoms with E-state index in [-0.39, 0.29) is 11.0 Å². The Hall–Kier alpha value is -0.0200. The van der Waals surface area contributed by atoms with Crippen molar-refractivity contribution >= 4 is 17.7 Å². The minimum Gasteiger partial charge on any atom is -0.317 e. The van der Waals surface area contributed by atoms with Crippen LogP contribution in [-0.4, -0.2) is 18.2 Å². The third kappa shape index (κ3) is 2.49. The fourth-order valence-electron chi connectivity index (χ4n) is 1.63. The van der Waals surface area contributed by atoms with Crippen LogP contribution in [-0.2, 0) is 4.79 Å². The highest BCUT2D eigenvalue weighted by molar-refractivity contribution is 7.96. The van der Waals surface area contributed by atoms with E-state index in [2.05, 4.69) is 17.9 Å². The van der Waals surface area contributed by atoms with Gasteiger partial charge in [-0.15, -0.1) is 12.6 Å². The first kappa shape index (κ1) is 9.07. The Morgan fingerprint density at radius 3 is 2.27 bits per heavy atom. The molecule has 1 aliphatic rings. The SMILES string of the molecule is CNC1CCC(C(=O)S)CC1. The Bertz CT molecular complexity index is 141. The Morgan fingerprint density at radius 2 is 1.91 bits per heavy atom. The van der Waals surface area contributed by atoms with Crippen LogP contribution in [0.5, 0.6) is 0 Å². The van der Waals surface area contributed by atoms with Gasteiger partial charge in [0, 0.05) is 12.0 Å². The van der Waals surface area contributed by atoms with Gasteiger partial charge in [0.1, 0.15) is 0 Å². The van der Waals surface area contributed by atoms with Crippen LogP contribution in [0.1, 0.15) is 25.7 Å². The van der Waals surface area contributed by atoms with Gasteiger partial charge in [0.15, 0.2) is 5.12 Å². The fraction of sp³-hybridized carbons (Fsp3) is 0.875. The van der Waals surface area contributed by atoms with Gasteiger partial charge in [0.25, 0.3) is 0 Å². The summed E-state index contributed by atoms with van der Waals surface area (Å²) in [5.74, 6) is 0.225. The summed E-state index contributed by atoms with van der Waals surface area (Å²) >= 11 is 3.84. The van der Waals surface area contributed by atoms with Gasteiger partial charge >= 0.3 is 0 Å². The molecule has 2 nitrogen and oxygen atoms in total. The predicted molar refractivity (Wildman–Crippen MR) is 48.8 cm³/mol. The molecule has 0 atom stereocenters. The van der Waals surface area contributed by atoms with E-state index in [1.54, 1.807) is 0 Å². The largest absolute Gasteiger partial charge is 0.317 e. The van der Waals surface area contributed by atoms with Crippen LogP contribution >= 0.6 is 12.6 Å².